The summed E-state index contributed by atoms with van der Waals surface area (Å²) in [5.74, 6) is 0.723. The van der Waals surface area contributed by atoms with Gasteiger partial charge in [-0.3, -0.25) is 0 Å². The van der Waals surface area contributed by atoms with E-state index in [9.17, 15) is 4.39 Å². The Labute approximate surface area is 129 Å². The number of rotatable bonds is 4. The van der Waals surface area contributed by atoms with Crippen LogP contribution in [0.25, 0.3) is 11.3 Å². The average Bonchev–Trinajstić information content (AvgIpc) is 2.95. The normalized spacial score (nSPS) is 10.5. The number of halogens is 2. The molecule has 22 heavy (non-hydrogen) atoms. The maximum absolute atomic E-state index is 14.0. The lowest BCUT2D eigenvalue weighted by Crippen LogP contribution is -1.93. The van der Waals surface area contributed by atoms with Crippen LogP contribution in [0.3, 0.4) is 0 Å². The average molecular weight is 321 g/mol. The number of nitrogens with zero attached hydrogens (tertiary/aromatic N) is 3. The first-order chi connectivity index (χ1) is 10.7. The summed E-state index contributed by atoms with van der Waals surface area (Å²) in [7, 11) is 1.47. The van der Waals surface area contributed by atoms with E-state index >= 15 is 0 Å². The topological polar surface area (TPSA) is 73.1 Å². The van der Waals surface area contributed by atoms with Crippen molar-refractivity contribution in [2.24, 2.45) is 0 Å². The maximum atomic E-state index is 14.0. The van der Waals surface area contributed by atoms with Gasteiger partial charge in [0.25, 0.3) is 0 Å². The lowest BCUT2D eigenvalue weighted by molar-refractivity contribution is 0.411. The molecule has 3 aromatic rings. The van der Waals surface area contributed by atoms with E-state index in [0.29, 0.717) is 28.7 Å². The summed E-state index contributed by atoms with van der Waals surface area (Å²) in [6, 6.07) is 7.66. The first-order valence-electron chi connectivity index (χ1n) is 6.22. The molecular weight excluding hydrogens is 311 g/mol. The Bertz CT molecular complexity index is 809. The van der Waals surface area contributed by atoms with Crippen LogP contribution in [0.5, 0.6) is 5.75 Å². The number of hydrogen-bond donors (Lipinski definition) is 1. The summed E-state index contributed by atoms with van der Waals surface area (Å²) in [4.78, 5) is 7.72. The minimum absolute atomic E-state index is 0.103. The SMILES string of the molecule is COc1ccc(-c2cc(Nc3ccnc(Cl)n3)on2)c(F)c1. The zero-order valence-corrected chi connectivity index (χ0v) is 12.1. The standard InChI is InChI=1S/C14H10ClFN4O2/c1-21-8-2-3-9(10(16)6-8)11-7-13(22-20-11)18-12-4-5-17-14(15)19-12/h2-7H,1H3,(H,17,18,19). The quantitative estimate of drug-likeness (QED) is 0.739. The lowest BCUT2D eigenvalue weighted by atomic mass is 10.1. The summed E-state index contributed by atoms with van der Waals surface area (Å²) in [6.07, 6.45) is 1.50. The molecule has 2 aromatic heterocycles. The second kappa shape index (κ2) is 5.98. The van der Waals surface area contributed by atoms with Crippen LogP contribution in [0.1, 0.15) is 0 Å². The van der Waals surface area contributed by atoms with Crippen LogP contribution in [0, 0.1) is 5.82 Å². The molecule has 0 aliphatic carbocycles. The molecule has 0 bridgehead atoms. The van der Waals surface area contributed by atoms with Crippen molar-refractivity contribution in [1.29, 1.82) is 0 Å². The van der Waals surface area contributed by atoms with Gasteiger partial charge in [-0.1, -0.05) is 5.16 Å². The number of nitrogens with one attached hydrogen (secondary N) is 1. The Morgan fingerprint density at radius 2 is 2.14 bits per heavy atom. The Morgan fingerprint density at radius 1 is 1.27 bits per heavy atom. The zero-order valence-electron chi connectivity index (χ0n) is 11.4. The highest BCUT2D eigenvalue weighted by Crippen LogP contribution is 2.28. The van der Waals surface area contributed by atoms with E-state index in [-0.39, 0.29) is 5.28 Å². The molecule has 0 saturated heterocycles. The Balaban J connectivity index is 1.84. The zero-order chi connectivity index (χ0) is 15.5. The van der Waals surface area contributed by atoms with E-state index in [1.54, 1.807) is 24.3 Å². The summed E-state index contributed by atoms with van der Waals surface area (Å²) in [5, 5.41) is 6.79. The molecule has 0 radical (unpaired) electrons. The van der Waals surface area contributed by atoms with Crippen LogP contribution in [-0.4, -0.2) is 22.2 Å². The largest absolute Gasteiger partial charge is 0.497 e. The molecular formula is C14H10ClFN4O2. The van der Waals surface area contributed by atoms with Gasteiger partial charge < -0.3 is 14.6 Å². The molecule has 1 N–H and O–H groups in total. The fourth-order valence-electron chi connectivity index (χ4n) is 1.82. The fourth-order valence-corrected chi connectivity index (χ4v) is 1.97. The van der Waals surface area contributed by atoms with Crippen LogP contribution in [0.4, 0.5) is 16.1 Å². The predicted molar refractivity (Wildman–Crippen MR) is 78.8 cm³/mol. The number of aromatic nitrogens is 3. The van der Waals surface area contributed by atoms with Crippen LogP contribution in [0.2, 0.25) is 5.28 Å². The van der Waals surface area contributed by atoms with Crippen molar-refractivity contribution in [2.75, 3.05) is 12.4 Å². The third-order valence-corrected chi connectivity index (χ3v) is 3.02. The first kappa shape index (κ1) is 14.3. The van der Waals surface area contributed by atoms with Gasteiger partial charge in [-0.15, -0.1) is 0 Å². The van der Waals surface area contributed by atoms with Gasteiger partial charge in [-0.05, 0) is 29.8 Å². The van der Waals surface area contributed by atoms with Crippen LogP contribution in [-0.2, 0) is 0 Å². The van der Waals surface area contributed by atoms with E-state index in [4.69, 9.17) is 20.9 Å². The molecule has 0 saturated carbocycles. The molecule has 0 amide bonds. The van der Waals surface area contributed by atoms with Gasteiger partial charge in [0, 0.05) is 23.9 Å². The monoisotopic (exact) mass is 320 g/mol. The molecule has 0 unspecified atom stereocenters. The highest BCUT2D eigenvalue weighted by molar-refractivity contribution is 6.28. The lowest BCUT2D eigenvalue weighted by Gasteiger charge is -2.02. The second-order valence-corrected chi connectivity index (χ2v) is 4.60. The van der Waals surface area contributed by atoms with Gasteiger partial charge in [-0.2, -0.15) is 0 Å². The van der Waals surface area contributed by atoms with E-state index in [0.717, 1.165) is 0 Å². The van der Waals surface area contributed by atoms with Crippen molar-refractivity contribution in [2.45, 2.75) is 0 Å². The van der Waals surface area contributed by atoms with Crippen LogP contribution >= 0.6 is 11.6 Å². The van der Waals surface area contributed by atoms with E-state index < -0.39 is 5.82 Å². The maximum Gasteiger partial charge on any atom is 0.230 e. The molecule has 0 atom stereocenters. The number of methoxy groups -OCH3 is 1. The number of benzene rings is 1. The third-order valence-electron chi connectivity index (χ3n) is 2.84. The van der Waals surface area contributed by atoms with Crippen LogP contribution < -0.4 is 10.1 Å². The highest BCUT2D eigenvalue weighted by Gasteiger charge is 2.12. The summed E-state index contributed by atoms with van der Waals surface area (Å²) < 4.78 is 24.1. The summed E-state index contributed by atoms with van der Waals surface area (Å²) in [5.41, 5.74) is 0.654. The fraction of sp³-hybridized carbons (Fsp3) is 0.0714. The number of ether oxygens (including phenoxy) is 1. The number of hydrogen-bond acceptors (Lipinski definition) is 6. The molecule has 112 valence electrons. The molecule has 8 heteroatoms. The molecule has 6 nitrogen and oxygen atoms in total. The van der Waals surface area contributed by atoms with E-state index in [2.05, 4.69) is 20.4 Å². The van der Waals surface area contributed by atoms with Gasteiger partial charge in [0.15, 0.2) is 0 Å². The Morgan fingerprint density at radius 3 is 2.86 bits per heavy atom. The van der Waals surface area contributed by atoms with Gasteiger partial charge in [0.2, 0.25) is 11.2 Å². The molecule has 0 fully saturated rings. The molecule has 1 aromatic carbocycles. The van der Waals surface area contributed by atoms with Crippen molar-refractivity contribution in [3.8, 4) is 17.0 Å². The smallest absolute Gasteiger partial charge is 0.230 e. The Kier molecular flexibility index (Phi) is 3.88. The van der Waals surface area contributed by atoms with Crippen molar-refractivity contribution in [3.63, 3.8) is 0 Å². The summed E-state index contributed by atoms with van der Waals surface area (Å²) in [6.45, 7) is 0. The van der Waals surface area contributed by atoms with Crippen molar-refractivity contribution < 1.29 is 13.7 Å². The second-order valence-electron chi connectivity index (χ2n) is 4.26. The molecule has 0 aliphatic rings. The molecule has 2 heterocycles. The molecule has 0 spiro atoms. The van der Waals surface area contributed by atoms with Crippen molar-refractivity contribution in [1.82, 2.24) is 15.1 Å². The van der Waals surface area contributed by atoms with Crippen molar-refractivity contribution in [3.05, 3.63) is 47.6 Å². The van der Waals surface area contributed by atoms with Crippen molar-refractivity contribution >= 4 is 23.3 Å². The molecule has 0 aliphatic heterocycles. The minimum Gasteiger partial charge on any atom is -0.497 e. The van der Waals surface area contributed by atoms with E-state index in [1.165, 1.54) is 19.4 Å². The van der Waals surface area contributed by atoms with E-state index in [1.807, 2.05) is 0 Å². The minimum atomic E-state index is -0.454. The highest BCUT2D eigenvalue weighted by atomic mass is 35.5. The van der Waals surface area contributed by atoms with Gasteiger partial charge in [0.05, 0.1) is 7.11 Å². The Hall–Kier alpha value is -2.67. The molecule has 3 rings (SSSR count). The van der Waals surface area contributed by atoms with Gasteiger partial charge >= 0.3 is 0 Å². The first-order valence-corrected chi connectivity index (χ1v) is 6.60. The van der Waals surface area contributed by atoms with Gasteiger partial charge in [0.1, 0.15) is 23.1 Å². The summed E-state index contributed by atoms with van der Waals surface area (Å²) >= 11 is 5.69. The van der Waals surface area contributed by atoms with Gasteiger partial charge in [-0.25, -0.2) is 14.4 Å². The predicted octanol–water partition coefficient (Wildman–Crippen LogP) is 3.68. The van der Waals surface area contributed by atoms with Crippen LogP contribution in [0.15, 0.2) is 41.1 Å². The third kappa shape index (κ3) is 2.99. The number of anilines is 2.